The van der Waals surface area contributed by atoms with Gasteiger partial charge in [0.15, 0.2) is 16.6 Å². The topological polar surface area (TPSA) is 107 Å². The largest absolute Gasteiger partial charge is 0.358 e. The van der Waals surface area contributed by atoms with Crippen LogP contribution >= 0.6 is 11.3 Å². The number of piperidine rings is 1. The lowest BCUT2D eigenvalue weighted by molar-refractivity contribution is 0.373. The molecule has 0 bridgehead atoms. The molecule has 0 aliphatic carbocycles. The molecule has 41 heavy (non-hydrogen) atoms. The zero-order chi connectivity index (χ0) is 28.3. The van der Waals surface area contributed by atoms with Gasteiger partial charge in [-0.15, -0.1) is 11.3 Å². The van der Waals surface area contributed by atoms with E-state index in [0.29, 0.717) is 28.3 Å². The molecule has 0 atom stereocenters. The smallest absolute Gasteiger partial charge is 0.178 e. The van der Waals surface area contributed by atoms with Gasteiger partial charge in [-0.1, -0.05) is 19.2 Å². The first kappa shape index (κ1) is 26.8. The molecule has 5 aromatic rings. The number of allylic oxidation sites excluding steroid dienone is 3. The molecule has 1 saturated heterocycles. The number of aromatic amines is 2. The first-order valence-electron chi connectivity index (χ1n) is 13.6. The van der Waals surface area contributed by atoms with Crippen LogP contribution in [-0.4, -0.2) is 43.2 Å². The van der Waals surface area contributed by atoms with Crippen LogP contribution in [0.3, 0.4) is 0 Å². The third-order valence-electron chi connectivity index (χ3n) is 7.36. The van der Waals surface area contributed by atoms with Crippen molar-refractivity contribution < 1.29 is 4.39 Å². The van der Waals surface area contributed by atoms with Gasteiger partial charge in [-0.05, 0) is 86.7 Å². The molecule has 0 radical (unpaired) electrons. The van der Waals surface area contributed by atoms with E-state index in [4.69, 9.17) is 0 Å². The average molecular weight is 567 g/mol. The minimum atomic E-state index is -0.239. The predicted molar refractivity (Wildman–Crippen MR) is 165 cm³/mol. The highest BCUT2D eigenvalue weighted by molar-refractivity contribution is 7.14. The second kappa shape index (κ2) is 11.6. The summed E-state index contributed by atoms with van der Waals surface area (Å²) < 4.78 is 13.7. The maximum atomic E-state index is 13.7. The Balaban J connectivity index is 1.21. The van der Waals surface area contributed by atoms with E-state index in [1.165, 1.54) is 18.9 Å². The second-order valence-corrected chi connectivity index (χ2v) is 11.3. The maximum Gasteiger partial charge on any atom is 0.178 e. The van der Waals surface area contributed by atoms with Gasteiger partial charge in [-0.3, -0.25) is 10.1 Å². The lowest BCUT2D eigenvalue weighted by Crippen LogP contribution is -2.28. The van der Waals surface area contributed by atoms with Crippen LogP contribution in [0.1, 0.15) is 31.7 Å². The third-order valence-corrected chi connectivity index (χ3v) is 8.27. The lowest BCUT2D eigenvalue weighted by atomic mass is 9.93. The first-order chi connectivity index (χ1) is 19.9. The van der Waals surface area contributed by atoms with E-state index in [2.05, 4.69) is 60.0 Å². The maximum absolute atomic E-state index is 13.7. The fourth-order valence-electron chi connectivity index (χ4n) is 5.12. The predicted octanol–water partition coefficient (Wildman–Crippen LogP) is 5.22. The number of rotatable bonds is 8. The molecule has 0 spiro atoms. The Morgan fingerprint density at radius 3 is 2.88 bits per heavy atom. The summed E-state index contributed by atoms with van der Waals surface area (Å²) in [5.74, 6) is 1.22. The Bertz CT molecular complexity index is 1860. The summed E-state index contributed by atoms with van der Waals surface area (Å²) in [5, 5.41) is 15.6. The van der Waals surface area contributed by atoms with Gasteiger partial charge in [-0.2, -0.15) is 9.49 Å². The lowest BCUT2D eigenvalue weighted by Gasteiger charge is -2.23. The molecular weight excluding hydrogens is 535 g/mol. The van der Waals surface area contributed by atoms with Gasteiger partial charge in [0, 0.05) is 33.7 Å². The first-order valence-corrected chi connectivity index (χ1v) is 14.4. The molecule has 5 aromatic heterocycles. The van der Waals surface area contributed by atoms with E-state index in [-0.39, 0.29) is 5.13 Å². The van der Waals surface area contributed by atoms with Crippen molar-refractivity contribution in [3.8, 4) is 22.0 Å². The Kier molecular flexibility index (Phi) is 7.58. The van der Waals surface area contributed by atoms with Crippen LogP contribution in [0.25, 0.3) is 51.4 Å². The molecule has 6 heterocycles. The van der Waals surface area contributed by atoms with Crippen molar-refractivity contribution in [2.75, 3.05) is 18.4 Å². The van der Waals surface area contributed by atoms with Crippen LogP contribution in [0.4, 0.5) is 10.1 Å². The van der Waals surface area contributed by atoms with Crippen molar-refractivity contribution >= 4 is 46.4 Å². The van der Waals surface area contributed by atoms with E-state index in [1.807, 2.05) is 37.5 Å². The molecule has 1 aliphatic rings. The third kappa shape index (κ3) is 5.89. The Hall–Kier alpha value is -4.41. The van der Waals surface area contributed by atoms with Gasteiger partial charge in [0.1, 0.15) is 5.69 Å². The molecule has 6 rings (SSSR count). The Morgan fingerprint density at radius 1 is 1.22 bits per heavy atom. The molecule has 1 aliphatic heterocycles. The summed E-state index contributed by atoms with van der Waals surface area (Å²) >= 11 is 1.08. The number of anilines is 1. The minimum Gasteiger partial charge on any atom is -0.358 e. The molecule has 0 amide bonds. The summed E-state index contributed by atoms with van der Waals surface area (Å²) in [6, 6.07) is 7.15. The highest BCUT2D eigenvalue weighted by atomic mass is 32.1. The molecule has 0 saturated carbocycles. The summed E-state index contributed by atoms with van der Waals surface area (Å²) in [4.78, 5) is 17.6. The number of imidazole rings is 1. The quantitative estimate of drug-likeness (QED) is 0.205. The van der Waals surface area contributed by atoms with Gasteiger partial charge in [0.05, 0.1) is 22.8 Å². The van der Waals surface area contributed by atoms with Crippen molar-refractivity contribution in [3.05, 3.63) is 82.5 Å². The zero-order valence-corrected chi connectivity index (χ0v) is 23.6. The van der Waals surface area contributed by atoms with Crippen molar-refractivity contribution in [1.82, 2.24) is 35.5 Å². The molecule has 208 valence electrons. The molecule has 8 nitrogen and oxygen atoms in total. The Morgan fingerprint density at radius 2 is 2.07 bits per heavy atom. The van der Waals surface area contributed by atoms with E-state index in [1.54, 1.807) is 12.3 Å². The highest BCUT2D eigenvalue weighted by Crippen LogP contribution is 2.32. The number of fused-ring (bicyclic) bond motifs is 1. The number of thiophene rings is 1. The van der Waals surface area contributed by atoms with E-state index in [0.717, 1.165) is 74.7 Å². The fraction of sp³-hybridized carbons (Fsp3) is 0.226. The summed E-state index contributed by atoms with van der Waals surface area (Å²) in [7, 11) is 0. The summed E-state index contributed by atoms with van der Waals surface area (Å²) in [6.07, 6.45) is 12.7. The molecular formula is C31H31FN8S. The van der Waals surface area contributed by atoms with E-state index >= 15 is 0 Å². The fourth-order valence-corrected chi connectivity index (χ4v) is 5.88. The van der Waals surface area contributed by atoms with Crippen molar-refractivity contribution in [1.29, 1.82) is 0 Å². The number of hydrogen-bond acceptors (Lipinski definition) is 7. The zero-order valence-electron chi connectivity index (χ0n) is 22.8. The minimum absolute atomic E-state index is 0.239. The molecule has 1 fully saturated rings. The molecule has 10 heteroatoms. The van der Waals surface area contributed by atoms with Crippen LogP contribution in [0, 0.1) is 11.0 Å². The number of nitrogens with zero attached hydrogens (tertiary/aromatic N) is 4. The average Bonchev–Trinajstić information content (AvgIpc) is 3.70. The summed E-state index contributed by atoms with van der Waals surface area (Å²) in [6.45, 7) is 12.7. The van der Waals surface area contributed by atoms with Crippen LogP contribution < -0.4 is 21.2 Å². The van der Waals surface area contributed by atoms with Crippen molar-refractivity contribution in [2.24, 2.45) is 5.92 Å². The monoisotopic (exact) mass is 566 g/mol. The normalized spacial score (nSPS) is 15.1. The Labute approximate surface area is 240 Å². The SMILES string of the molecule is C=C(CC1CCNCC1)Nc1cncc(/C(C)=C/C=c2/[nH]nc(-c3nc4nccc(-c5ccc(F)s5)c4[nH]3)c2=C)c1. The highest BCUT2D eigenvalue weighted by Gasteiger charge is 2.16. The second-order valence-electron chi connectivity index (χ2n) is 10.3. The number of halogens is 1. The number of H-pyrrole nitrogens is 2. The molecule has 4 N–H and O–H groups in total. The standard InChI is InChI=1S/C31H31FN8S/c1-18(22-15-23(17-34-16-22)36-19(2)14-21-8-11-33-12-9-21)4-5-25-20(3)28(40-39-25)31-37-29-24(10-13-35-30(29)38-31)26-6-7-27(32)41-26/h4-7,10,13,15-17,21,33,36,39H,2-3,8-9,11-12,14H2,1H3,(H,35,37,38)/b18-4+,25-5+. The van der Waals surface area contributed by atoms with Crippen LogP contribution in [0.5, 0.6) is 0 Å². The van der Waals surface area contributed by atoms with Crippen LogP contribution in [0.15, 0.2) is 61.2 Å². The molecule has 0 unspecified atom stereocenters. The number of nitrogens with one attached hydrogen (secondary N) is 4. The van der Waals surface area contributed by atoms with Crippen LogP contribution in [-0.2, 0) is 0 Å². The van der Waals surface area contributed by atoms with E-state index in [9.17, 15) is 4.39 Å². The van der Waals surface area contributed by atoms with Gasteiger partial charge < -0.3 is 15.6 Å². The van der Waals surface area contributed by atoms with Gasteiger partial charge >= 0.3 is 0 Å². The summed E-state index contributed by atoms with van der Waals surface area (Å²) in [5.41, 5.74) is 6.71. The number of aromatic nitrogens is 6. The van der Waals surface area contributed by atoms with Gasteiger partial charge in [-0.25, -0.2) is 9.97 Å². The van der Waals surface area contributed by atoms with Gasteiger partial charge in [0.2, 0.25) is 0 Å². The van der Waals surface area contributed by atoms with Crippen molar-refractivity contribution in [2.45, 2.75) is 26.2 Å². The molecule has 0 aromatic carbocycles. The number of hydrogen-bond donors (Lipinski definition) is 4. The van der Waals surface area contributed by atoms with E-state index < -0.39 is 0 Å². The number of pyridine rings is 2. The van der Waals surface area contributed by atoms with Crippen LogP contribution in [0.2, 0.25) is 0 Å². The van der Waals surface area contributed by atoms with Gasteiger partial charge in [0.25, 0.3) is 0 Å². The van der Waals surface area contributed by atoms with Crippen molar-refractivity contribution in [3.63, 3.8) is 0 Å².